The van der Waals surface area contributed by atoms with E-state index in [-0.39, 0.29) is 0 Å². The Balaban J connectivity index is 3.41. The Labute approximate surface area is 57.7 Å². The summed E-state index contributed by atoms with van der Waals surface area (Å²) in [5.74, 6) is 0. The monoisotopic (exact) mass is 128 g/mol. The van der Waals surface area contributed by atoms with Gasteiger partial charge in [-0.3, -0.25) is 0 Å². The molecule has 0 saturated heterocycles. The van der Waals surface area contributed by atoms with Gasteiger partial charge < -0.3 is 4.74 Å². The second-order valence-electron chi connectivity index (χ2n) is 1.93. The van der Waals surface area contributed by atoms with Crippen LogP contribution in [0.4, 0.5) is 0 Å². The lowest BCUT2D eigenvalue weighted by Gasteiger charge is -2.08. The van der Waals surface area contributed by atoms with Crippen LogP contribution in [-0.2, 0) is 4.74 Å². The van der Waals surface area contributed by atoms with E-state index in [1.807, 2.05) is 19.9 Å². The van der Waals surface area contributed by atoms with E-state index >= 15 is 0 Å². The van der Waals surface area contributed by atoms with Crippen LogP contribution in [0.5, 0.6) is 0 Å². The van der Waals surface area contributed by atoms with Gasteiger partial charge in [0.2, 0.25) is 0 Å². The summed E-state index contributed by atoms with van der Waals surface area (Å²) in [6, 6.07) is 0. The minimum atomic E-state index is 0.333. The van der Waals surface area contributed by atoms with Gasteiger partial charge in [-0.05, 0) is 20.3 Å². The average Bonchev–Trinajstić information content (AvgIpc) is 1.88. The van der Waals surface area contributed by atoms with Crippen molar-refractivity contribution in [3.05, 3.63) is 12.2 Å². The lowest BCUT2D eigenvalue weighted by molar-refractivity contribution is 0.0938. The van der Waals surface area contributed by atoms with Crippen molar-refractivity contribution >= 4 is 0 Å². The molecule has 0 rings (SSSR count). The second-order valence-corrected chi connectivity index (χ2v) is 1.93. The molecule has 0 aliphatic carbocycles. The lowest BCUT2D eigenvalue weighted by atomic mass is 10.2. The summed E-state index contributed by atoms with van der Waals surface area (Å²) in [5, 5.41) is 0. The first-order valence-corrected chi connectivity index (χ1v) is 3.59. The molecule has 1 atom stereocenters. The molecule has 0 radical (unpaired) electrons. The van der Waals surface area contributed by atoms with E-state index in [9.17, 15) is 0 Å². The molecule has 0 aromatic rings. The molecule has 0 heterocycles. The minimum Gasteiger partial charge on any atom is -0.374 e. The highest BCUT2D eigenvalue weighted by molar-refractivity contribution is 4.85. The summed E-state index contributed by atoms with van der Waals surface area (Å²) >= 11 is 0. The zero-order valence-electron chi connectivity index (χ0n) is 6.55. The molecule has 0 bridgehead atoms. The maximum absolute atomic E-state index is 5.34. The van der Waals surface area contributed by atoms with Crippen molar-refractivity contribution in [3.8, 4) is 0 Å². The van der Waals surface area contributed by atoms with Gasteiger partial charge in [-0.15, -0.1) is 0 Å². The third kappa shape index (κ3) is 4.22. The average molecular weight is 128 g/mol. The molecule has 54 valence electrons. The molecule has 1 unspecified atom stereocenters. The molecule has 0 aromatic carbocycles. The van der Waals surface area contributed by atoms with Gasteiger partial charge in [0.25, 0.3) is 0 Å². The van der Waals surface area contributed by atoms with Crippen molar-refractivity contribution in [2.75, 3.05) is 6.61 Å². The summed E-state index contributed by atoms with van der Waals surface area (Å²) < 4.78 is 5.34. The standard InChI is InChI=1S/C8H16O/c1-4-7-8(5-2)9-6-3/h4,7-8H,5-6H2,1-3H3/b7-4+. The van der Waals surface area contributed by atoms with Crippen molar-refractivity contribution in [2.24, 2.45) is 0 Å². The quantitative estimate of drug-likeness (QED) is 0.528. The van der Waals surface area contributed by atoms with Crippen LogP contribution in [0, 0.1) is 0 Å². The molecule has 0 fully saturated rings. The third-order valence-corrected chi connectivity index (χ3v) is 1.19. The van der Waals surface area contributed by atoms with Crippen molar-refractivity contribution in [1.82, 2.24) is 0 Å². The molecule has 0 aliphatic heterocycles. The van der Waals surface area contributed by atoms with Gasteiger partial charge in [-0.1, -0.05) is 19.1 Å². The van der Waals surface area contributed by atoms with Crippen LogP contribution >= 0.6 is 0 Å². The second kappa shape index (κ2) is 5.83. The number of allylic oxidation sites excluding steroid dienone is 1. The van der Waals surface area contributed by atoms with E-state index in [0.29, 0.717) is 6.10 Å². The predicted octanol–water partition coefficient (Wildman–Crippen LogP) is 2.38. The molecule has 0 N–H and O–H groups in total. The smallest absolute Gasteiger partial charge is 0.0752 e. The van der Waals surface area contributed by atoms with Crippen LogP contribution in [0.3, 0.4) is 0 Å². The van der Waals surface area contributed by atoms with Crippen LogP contribution in [0.25, 0.3) is 0 Å². The van der Waals surface area contributed by atoms with Crippen molar-refractivity contribution < 1.29 is 4.74 Å². The Kier molecular flexibility index (Phi) is 5.64. The van der Waals surface area contributed by atoms with Gasteiger partial charge in [0.1, 0.15) is 0 Å². The van der Waals surface area contributed by atoms with Crippen LogP contribution in [0.1, 0.15) is 27.2 Å². The maximum Gasteiger partial charge on any atom is 0.0752 e. The largest absolute Gasteiger partial charge is 0.374 e. The molecule has 1 nitrogen and oxygen atoms in total. The Hall–Kier alpha value is -0.300. The normalized spacial score (nSPS) is 14.6. The van der Waals surface area contributed by atoms with Gasteiger partial charge in [0, 0.05) is 6.61 Å². The first kappa shape index (κ1) is 8.70. The molecule has 0 amide bonds. The SMILES string of the molecule is C/C=C/C(CC)OCC. The van der Waals surface area contributed by atoms with Crippen LogP contribution in [-0.4, -0.2) is 12.7 Å². The highest BCUT2D eigenvalue weighted by atomic mass is 16.5. The molecule has 0 aliphatic rings. The molecule has 1 heteroatoms. The lowest BCUT2D eigenvalue weighted by Crippen LogP contribution is -2.07. The fourth-order valence-corrected chi connectivity index (χ4v) is 0.738. The molecule has 0 saturated carbocycles. The first-order valence-electron chi connectivity index (χ1n) is 3.59. The highest BCUT2D eigenvalue weighted by Crippen LogP contribution is 1.98. The number of ether oxygens (including phenoxy) is 1. The van der Waals surface area contributed by atoms with Crippen LogP contribution in [0.15, 0.2) is 12.2 Å². The van der Waals surface area contributed by atoms with Crippen molar-refractivity contribution in [2.45, 2.75) is 33.3 Å². The number of hydrogen-bond acceptors (Lipinski definition) is 1. The van der Waals surface area contributed by atoms with Gasteiger partial charge in [-0.25, -0.2) is 0 Å². The summed E-state index contributed by atoms with van der Waals surface area (Å²) in [6.45, 7) is 6.97. The van der Waals surface area contributed by atoms with Crippen LogP contribution < -0.4 is 0 Å². The fourth-order valence-electron chi connectivity index (χ4n) is 0.738. The molecular weight excluding hydrogens is 112 g/mol. The summed E-state index contributed by atoms with van der Waals surface area (Å²) in [5.41, 5.74) is 0. The zero-order chi connectivity index (χ0) is 7.11. The van der Waals surface area contributed by atoms with E-state index < -0.39 is 0 Å². The predicted molar refractivity (Wildman–Crippen MR) is 40.5 cm³/mol. The van der Waals surface area contributed by atoms with Gasteiger partial charge in [0.15, 0.2) is 0 Å². The van der Waals surface area contributed by atoms with E-state index in [2.05, 4.69) is 13.0 Å². The van der Waals surface area contributed by atoms with Gasteiger partial charge in [0.05, 0.1) is 6.10 Å². The Morgan fingerprint density at radius 1 is 1.44 bits per heavy atom. The summed E-state index contributed by atoms with van der Waals surface area (Å²) in [4.78, 5) is 0. The van der Waals surface area contributed by atoms with Gasteiger partial charge in [-0.2, -0.15) is 0 Å². The van der Waals surface area contributed by atoms with E-state index in [4.69, 9.17) is 4.74 Å². The van der Waals surface area contributed by atoms with Crippen LogP contribution in [0.2, 0.25) is 0 Å². The Morgan fingerprint density at radius 3 is 2.44 bits per heavy atom. The van der Waals surface area contributed by atoms with E-state index in [1.54, 1.807) is 0 Å². The van der Waals surface area contributed by atoms with Crippen molar-refractivity contribution in [3.63, 3.8) is 0 Å². The zero-order valence-corrected chi connectivity index (χ0v) is 6.55. The molecule has 0 aromatic heterocycles. The molecule has 0 spiro atoms. The Bertz CT molecular complexity index is 76.6. The minimum absolute atomic E-state index is 0.333. The fraction of sp³-hybridized carbons (Fsp3) is 0.750. The first-order chi connectivity index (χ1) is 4.35. The maximum atomic E-state index is 5.34. The number of rotatable bonds is 4. The summed E-state index contributed by atoms with van der Waals surface area (Å²) in [7, 11) is 0. The molecular formula is C8H16O. The summed E-state index contributed by atoms with van der Waals surface area (Å²) in [6.07, 6.45) is 5.52. The Morgan fingerprint density at radius 2 is 2.11 bits per heavy atom. The number of hydrogen-bond donors (Lipinski definition) is 0. The molecule has 9 heavy (non-hydrogen) atoms. The van der Waals surface area contributed by atoms with Gasteiger partial charge >= 0.3 is 0 Å². The van der Waals surface area contributed by atoms with E-state index in [1.165, 1.54) is 0 Å². The topological polar surface area (TPSA) is 9.23 Å². The van der Waals surface area contributed by atoms with Crippen molar-refractivity contribution in [1.29, 1.82) is 0 Å². The third-order valence-electron chi connectivity index (χ3n) is 1.19. The highest BCUT2D eigenvalue weighted by Gasteiger charge is 1.96. The van der Waals surface area contributed by atoms with E-state index in [0.717, 1.165) is 13.0 Å².